The number of nitrogens with zero attached hydrogens (tertiary/aromatic N) is 2. The molecule has 0 atom stereocenters. The summed E-state index contributed by atoms with van der Waals surface area (Å²) in [5.41, 5.74) is 1.93. The van der Waals surface area contributed by atoms with Crippen LogP contribution in [0.3, 0.4) is 0 Å². The van der Waals surface area contributed by atoms with Gasteiger partial charge in [-0.2, -0.15) is 0 Å². The summed E-state index contributed by atoms with van der Waals surface area (Å²) in [5, 5.41) is 3.22. The average molecular weight is 291 g/mol. The molecule has 5 heteroatoms. The maximum atomic E-state index is 12.7. The van der Waals surface area contributed by atoms with Gasteiger partial charge in [0.2, 0.25) is 0 Å². The molecule has 1 aromatic rings. The molecular formula is C16H25N3O2. The minimum absolute atomic E-state index is 0.121. The van der Waals surface area contributed by atoms with Crippen molar-refractivity contribution in [1.29, 1.82) is 0 Å². The van der Waals surface area contributed by atoms with E-state index in [4.69, 9.17) is 0 Å². The van der Waals surface area contributed by atoms with Gasteiger partial charge in [-0.1, -0.05) is 13.3 Å². The van der Waals surface area contributed by atoms with E-state index in [0.29, 0.717) is 25.2 Å². The van der Waals surface area contributed by atoms with Crippen LogP contribution in [0, 0.1) is 13.8 Å². The molecule has 21 heavy (non-hydrogen) atoms. The highest BCUT2D eigenvalue weighted by Crippen LogP contribution is 2.11. The minimum atomic E-state index is -0.135. The number of carbonyl (C=O) groups is 1. The van der Waals surface area contributed by atoms with E-state index in [1.54, 1.807) is 9.47 Å². The third kappa shape index (κ3) is 3.35. The zero-order chi connectivity index (χ0) is 15.4. The molecule has 0 aliphatic carbocycles. The Morgan fingerprint density at radius 3 is 2.57 bits per heavy atom. The maximum Gasteiger partial charge on any atom is 0.263 e. The fourth-order valence-electron chi connectivity index (χ4n) is 2.81. The second-order valence-electron chi connectivity index (χ2n) is 5.70. The van der Waals surface area contributed by atoms with Gasteiger partial charge >= 0.3 is 0 Å². The highest BCUT2D eigenvalue weighted by Gasteiger charge is 2.23. The van der Waals surface area contributed by atoms with Crippen molar-refractivity contribution in [2.75, 3.05) is 26.2 Å². The first kappa shape index (κ1) is 15.8. The van der Waals surface area contributed by atoms with E-state index in [-0.39, 0.29) is 11.5 Å². The van der Waals surface area contributed by atoms with Gasteiger partial charge in [0.1, 0.15) is 5.56 Å². The molecule has 1 N–H and O–H groups in total. The van der Waals surface area contributed by atoms with Crippen molar-refractivity contribution in [1.82, 2.24) is 14.8 Å². The monoisotopic (exact) mass is 291 g/mol. The number of carbonyl (C=O) groups excluding carboxylic acids is 1. The van der Waals surface area contributed by atoms with Crippen molar-refractivity contribution < 1.29 is 4.79 Å². The molecule has 1 amide bonds. The Balaban J connectivity index is 2.38. The normalized spacial score (nSPS) is 15.3. The standard InChI is InChI=1S/C16H25N3O2/c1-4-5-8-19-13(3)11-12(2)14(16(19)21)15(20)18-9-6-17-7-10-18/h11,17H,4-10H2,1-3H3. The summed E-state index contributed by atoms with van der Waals surface area (Å²) in [5.74, 6) is -0.121. The number of amides is 1. The molecule has 0 radical (unpaired) electrons. The van der Waals surface area contributed by atoms with Gasteiger partial charge in [-0.25, -0.2) is 0 Å². The highest BCUT2D eigenvalue weighted by molar-refractivity contribution is 5.95. The quantitative estimate of drug-likeness (QED) is 0.910. The number of rotatable bonds is 4. The number of nitrogens with one attached hydrogen (secondary N) is 1. The Hall–Kier alpha value is -1.62. The van der Waals surface area contributed by atoms with Crippen molar-refractivity contribution in [2.24, 2.45) is 0 Å². The summed E-state index contributed by atoms with van der Waals surface area (Å²) < 4.78 is 1.74. The molecule has 0 unspecified atom stereocenters. The lowest BCUT2D eigenvalue weighted by Crippen LogP contribution is -2.48. The number of hydrogen-bond acceptors (Lipinski definition) is 3. The van der Waals surface area contributed by atoms with Crippen LogP contribution in [0.15, 0.2) is 10.9 Å². The molecule has 0 saturated carbocycles. The molecule has 0 spiro atoms. The number of hydrogen-bond donors (Lipinski definition) is 1. The second kappa shape index (κ2) is 6.89. The number of aryl methyl sites for hydroxylation is 2. The van der Waals surface area contributed by atoms with Gasteiger partial charge in [-0.15, -0.1) is 0 Å². The smallest absolute Gasteiger partial charge is 0.263 e. The molecule has 1 aliphatic heterocycles. The lowest BCUT2D eigenvalue weighted by atomic mass is 10.1. The number of aromatic nitrogens is 1. The van der Waals surface area contributed by atoms with Crippen LogP contribution in [0.2, 0.25) is 0 Å². The van der Waals surface area contributed by atoms with Gasteiger partial charge in [-0.3, -0.25) is 9.59 Å². The van der Waals surface area contributed by atoms with Gasteiger partial charge < -0.3 is 14.8 Å². The fourth-order valence-corrected chi connectivity index (χ4v) is 2.81. The first-order valence-corrected chi connectivity index (χ1v) is 7.77. The molecule has 2 heterocycles. The van der Waals surface area contributed by atoms with Crippen LogP contribution in [0.4, 0.5) is 0 Å². The van der Waals surface area contributed by atoms with Crippen LogP contribution >= 0.6 is 0 Å². The maximum absolute atomic E-state index is 12.7. The van der Waals surface area contributed by atoms with Crippen LogP contribution in [0.5, 0.6) is 0 Å². The number of unbranched alkanes of at least 4 members (excludes halogenated alkanes) is 1. The third-order valence-corrected chi connectivity index (χ3v) is 4.06. The highest BCUT2D eigenvalue weighted by atomic mass is 16.2. The van der Waals surface area contributed by atoms with Crippen LogP contribution < -0.4 is 10.9 Å². The summed E-state index contributed by atoms with van der Waals surface area (Å²) in [6, 6.07) is 1.95. The average Bonchev–Trinajstić information content (AvgIpc) is 2.47. The molecule has 1 fully saturated rings. The molecular weight excluding hydrogens is 266 g/mol. The Bertz CT molecular complexity index is 572. The molecule has 1 aliphatic rings. The second-order valence-corrected chi connectivity index (χ2v) is 5.70. The summed E-state index contributed by atoms with van der Waals surface area (Å²) in [6.45, 7) is 9.49. The fraction of sp³-hybridized carbons (Fsp3) is 0.625. The van der Waals surface area contributed by atoms with E-state index in [2.05, 4.69) is 12.2 Å². The molecule has 0 bridgehead atoms. The van der Waals surface area contributed by atoms with Crippen LogP contribution in [-0.2, 0) is 6.54 Å². The van der Waals surface area contributed by atoms with Gasteiger partial charge in [0, 0.05) is 38.4 Å². The van der Waals surface area contributed by atoms with Crippen molar-refractivity contribution in [3.05, 3.63) is 33.2 Å². The zero-order valence-corrected chi connectivity index (χ0v) is 13.2. The largest absolute Gasteiger partial charge is 0.336 e. The van der Waals surface area contributed by atoms with Crippen molar-refractivity contribution in [3.8, 4) is 0 Å². The predicted molar refractivity (Wildman–Crippen MR) is 83.9 cm³/mol. The Morgan fingerprint density at radius 2 is 1.95 bits per heavy atom. The number of pyridine rings is 1. The van der Waals surface area contributed by atoms with Crippen molar-refractivity contribution >= 4 is 5.91 Å². The van der Waals surface area contributed by atoms with E-state index in [0.717, 1.165) is 37.2 Å². The van der Waals surface area contributed by atoms with Crippen LogP contribution in [-0.4, -0.2) is 41.6 Å². The molecule has 1 saturated heterocycles. The minimum Gasteiger partial charge on any atom is -0.336 e. The Kier molecular flexibility index (Phi) is 5.17. The molecule has 5 nitrogen and oxygen atoms in total. The first-order chi connectivity index (χ1) is 10.1. The van der Waals surface area contributed by atoms with E-state index < -0.39 is 0 Å². The molecule has 1 aromatic heterocycles. The lowest BCUT2D eigenvalue weighted by Gasteiger charge is -2.28. The topological polar surface area (TPSA) is 54.3 Å². The first-order valence-electron chi connectivity index (χ1n) is 7.77. The van der Waals surface area contributed by atoms with Gasteiger partial charge in [0.05, 0.1) is 0 Å². The van der Waals surface area contributed by atoms with E-state index in [1.807, 2.05) is 19.9 Å². The summed E-state index contributed by atoms with van der Waals surface area (Å²) >= 11 is 0. The van der Waals surface area contributed by atoms with Gasteiger partial charge in [0.15, 0.2) is 0 Å². The van der Waals surface area contributed by atoms with E-state index >= 15 is 0 Å². The Labute approximate surface area is 126 Å². The summed E-state index contributed by atoms with van der Waals surface area (Å²) in [7, 11) is 0. The summed E-state index contributed by atoms with van der Waals surface area (Å²) in [4.78, 5) is 27.1. The van der Waals surface area contributed by atoms with Gasteiger partial charge in [0.25, 0.3) is 11.5 Å². The van der Waals surface area contributed by atoms with E-state index in [9.17, 15) is 9.59 Å². The van der Waals surface area contributed by atoms with E-state index in [1.165, 1.54) is 0 Å². The SMILES string of the molecule is CCCCn1c(C)cc(C)c(C(=O)N2CCNCC2)c1=O. The third-order valence-electron chi connectivity index (χ3n) is 4.06. The number of piperazine rings is 1. The molecule has 116 valence electrons. The van der Waals surface area contributed by atoms with Crippen molar-refractivity contribution in [2.45, 2.75) is 40.2 Å². The van der Waals surface area contributed by atoms with Crippen LogP contribution in [0.1, 0.15) is 41.4 Å². The Morgan fingerprint density at radius 1 is 1.29 bits per heavy atom. The van der Waals surface area contributed by atoms with Gasteiger partial charge in [-0.05, 0) is 31.9 Å². The summed E-state index contributed by atoms with van der Waals surface area (Å²) in [6.07, 6.45) is 1.98. The van der Waals surface area contributed by atoms with Crippen LogP contribution in [0.25, 0.3) is 0 Å². The molecule has 2 rings (SSSR count). The van der Waals surface area contributed by atoms with Crippen molar-refractivity contribution in [3.63, 3.8) is 0 Å². The molecule has 0 aromatic carbocycles. The zero-order valence-electron chi connectivity index (χ0n) is 13.2. The predicted octanol–water partition coefficient (Wildman–Crippen LogP) is 1.31. The lowest BCUT2D eigenvalue weighted by molar-refractivity contribution is 0.0732.